The minimum Gasteiger partial charge on any atom is -0.487 e. The van der Waals surface area contributed by atoms with Crippen LogP contribution in [-0.4, -0.2) is 80.2 Å². The van der Waals surface area contributed by atoms with Crippen molar-refractivity contribution >= 4 is 27.6 Å². The number of benzene rings is 2. The second kappa shape index (κ2) is 12.0. The lowest BCUT2D eigenvalue weighted by Crippen LogP contribution is -2.51. The molecule has 3 atom stereocenters. The zero-order valence-corrected chi connectivity index (χ0v) is 23.0. The van der Waals surface area contributed by atoms with Crippen molar-refractivity contribution in [3.8, 4) is 5.75 Å². The van der Waals surface area contributed by atoms with Crippen molar-refractivity contribution in [2.75, 3.05) is 31.5 Å². The number of aliphatic hydroxyl groups excluding tert-OH is 1. The van der Waals surface area contributed by atoms with Gasteiger partial charge in [0.1, 0.15) is 17.7 Å². The topological polar surface area (TPSA) is 128 Å². The van der Waals surface area contributed by atoms with Crippen LogP contribution < -0.4 is 14.8 Å². The van der Waals surface area contributed by atoms with Crippen LogP contribution in [0.5, 0.6) is 5.75 Å². The summed E-state index contributed by atoms with van der Waals surface area (Å²) in [4.78, 5) is 28.9. The van der Waals surface area contributed by atoms with Gasteiger partial charge < -0.3 is 25.0 Å². The number of likely N-dealkylation sites (N-methyl/N-ethyl adjacent to an activating group) is 1. The highest BCUT2D eigenvalue weighted by Crippen LogP contribution is 2.31. The number of carbonyl (C=O) groups is 2. The van der Waals surface area contributed by atoms with Gasteiger partial charge in [0.25, 0.3) is 15.9 Å². The van der Waals surface area contributed by atoms with E-state index in [2.05, 4.69) is 10.0 Å². The van der Waals surface area contributed by atoms with Crippen LogP contribution in [0.15, 0.2) is 47.4 Å². The fourth-order valence-corrected chi connectivity index (χ4v) is 5.09. The highest BCUT2D eigenvalue weighted by Gasteiger charge is 2.34. The maximum absolute atomic E-state index is 13.6. The molecule has 2 aromatic carbocycles. The van der Waals surface area contributed by atoms with Gasteiger partial charge in [-0.15, -0.1) is 0 Å². The number of fused-ring (bicyclic) bond motifs is 1. The van der Waals surface area contributed by atoms with Crippen molar-refractivity contribution in [3.05, 3.63) is 53.8 Å². The molecule has 3 N–H and O–H groups in total. The lowest BCUT2D eigenvalue weighted by atomic mass is 9.99. The molecule has 0 saturated carbocycles. The zero-order valence-electron chi connectivity index (χ0n) is 22.1. The summed E-state index contributed by atoms with van der Waals surface area (Å²) in [6.07, 6.45) is -0.500. The van der Waals surface area contributed by atoms with Crippen molar-refractivity contribution in [1.82, 2.24) is 15.1 Å². The highest BCUT2D eigenvalue weighted by atomic mass is 32.2. The largest absolute Gasteiger partial charge is 0.487 e. The Morgan fingerprint density at radius 1 is 1.21 bits per heavy atom. The van der Waals surface area contributed by atoms with Crippen LogP contribution in [-0.2, 0) is 10.0 Å². The molecule has 10 nitrogen and oxygen atoms in total. The third-order valence-electron chi connectivity index (χ3n) is 6.25. The summed E-state index contributed by atoms with van der Waals surface area (Å²) < 4.78 is 47.6. The molecule has 1 aliphatic rings. The summed E-state index contributed by atoms with van der Waals surface area (Å²) in [7, 11) is -2.40. The molecule has 0 spiro atoms. The molecule has 208 valence electrons. The smallest absolute Gasteiger partial charge is 0.317 e. The quantitative estimate of drug-likeness (QED) is 0.464. The molecular formula is C26H35FN4O6S. The van der Waals surface area contributed by atoms with E-state index < -0.39 is 33.9 Å². The molecule has 0 aromatic heterocycles. The number of rotatable bonds is 8. The number of hydrogen-bond donors (Lipinski definition) is 3. The minimum absolute atomic E-state index is 0.0445. The van der Waals surface area contributed by atoms with Crippen LogP contribution in [0.2, 0.25) is 0 Å². The molecule has 0 saturated heterocycles. The third-order valence-corrected chi connectivity index (χ3v) is 7.65. The van der Waals surface area contributed by atoms with Crippen molar-refractivity contribution < 1.29 is 32.2 Å². The fraction of sp³-hybridized carbons (Fsp3) is 0.462. The Morgan fingerprint density at radius 2 is 1.87 bits per heavy atom. The Labute approximate surface area is 222 Å². The molecule has 12 heteroatoms. The van der Waals surface area contributed by atoms with E-state index >= 15 is 0 Å². The van der Waals surface area contributed by atoms with Gasteiger partial charge in [-0.3, -0.25) is 9.52 Å². The summed E-state index contributed by atoms with van der Waals surface area (Å²) >= 11 is 0. The molecule has 2 aromatic rings. The molecule has 38 heavy (non-hydrogen) atoms. The number of hydrogen-bond acceptors (Lipinski definition) is 6. The fourth-order valence-electron chi connectivity index (χ4n) is 4.04. The average Bonchev–Trinajstić information content (AvgIpc) is 2.85. The number of halogens is 1. The molecule has 0 aliphatic carbocycles. The van der Waals surface area contributed by atoms with Crippen LogP contribution in [0.25, 0.3) is 0 Å². The molecule has 1 aliphatic heterocycles. The van der Waals surface area contributed by atoms with Gasteiger partial charge >= 0.3 is 6.03 Å². The number of urea groups is 1. The standard InChI is InChI=1S/C26H35FN4O6S/c1-16(2)28-26(34)30(5)14-24-17(3)13-31(18(4)15-32)25(33)22-12-20(8-11-23(22)37-24)29-38(35,36)21-9-6-19(27)7-10-21/h6-12,16-18,24,29,32H,13-15H2,1-5H3,(H,28,34)/t17-,18+,24+/m0/s1. The van der Waals surface area contributed by atoms with E-state index in [1.54, 1.807) is 14.0 Å². The van der Waals surface area contributed by atoms with E-state index in [4.69, 9.17) is 4.74 Å². The van der Waals surface area contributed by atoms with Crippen molar-refractivity contribution in [2.24, 2.45) is 5.92 Å². The van der Waals surface area contributed by atoms with Crippen LogP contribution in [0.4, 0.5) is 14.9 Å². The van der Waals surface area contributed by atoms with Crippen molar-refractivity contribution in [1.29, 1.82) is 0 Å². The molecule has 1 heterocycles. The number of sulfonamides is 1. The van der Waals surface area contributed by atoms with Crippen molar-refractivity contribution in [2.45, 2.75) is 50.8 Å². The number of anilines is 1. The molecule has 0 bridgehead atoms. The van der Waals surface area contributed by atoms with Crippen LogP contribution in [0, 0.1) is 11.7 Å². The third kappa shape index (κ3) is 6.93. The van der Waals surface area contributed by atoms with Crippen LogP contribution in [0.3, 0.4) is 0 Å². The number of carbonyl (C=O) groups excluding carboxylic acids is 2. The number of aliphatic hydroxyl groups is 1. The maximum Gasteiger partial charge on any atom is 0.317 e. The predicted octanol–water partition coefficient (Wildman–Crippen LogP) is 2.90. The number of nitrogens with zero attached hydrogens (tertiary/aromatic N) is 2. The van der Waals surface area contributed by atoms with Crippen LogP contribution in [0.1, 0.15) is 38.1 Å². The van der Waals surface area contributed by atoms with Gasteiger partial charge in [-0.2, -0.15) is 0 Å². The number of ether oxygens (including phenoxy) is 1. The van der Waals surface area contributed by atoms with Gasteiger partial charge in [0.15, 0.2) is 0 Å². The summed E-state index contributed by atoms with van der Waals surface area (Å²) in [6, 6.07) is 7.88. The number of nitrogens with one attached hydrogen (secondary N) is 2. The highest BCUT2D eigenvalue weighted by molar-refractivity contribution is 7.92. The first-order valence-electron chi connectivity index (χ1n) is 12.3. The Balaban J connectivity index is 1.96. The van der Waals surface area contributed by atoms with E-state index in [1.807, 2.05) is 20.8 Å². The van der Waals surface area contributed by atoms with E-state index in [-0.39, 0.29) is 59.6 Å². The SMILES string of the molecule is CC(C)NC(=O)N(C)C[C@H]1Oc2ccc(NS(=O)(=O)c3ccc(F)cc3)cc2C(=O)N([C@H](C)CO)C[C@@H]1C. The average molecular weight is 551 g/mol. The van der Waals surface area contributed by atoms with Gasteiger partial charge in [-0.25, -0.2) is 17.6 Å². The minimum atomic E-state index is -4.05. The van der Waals surface area contributed by atoms with Gasteiger partial charge in [0, 0.05) is 31.2 Å². The lowest BCUT2D eigenvalue weighted by molar-refractivity contribution is 0.0366. The second-order valence-electron chi connectivity index (χ2n) is 9.88. The Morgan fingerprint density at radius 3 is 2.47 bits per heavy atom. The van der Waals surface area contributed by atoms with E-state index in [0.29, 0.717) is 0 Å². The first-order valence-corrected chi connectivity index (χ1v) is 13.8. The Kier molecular flexibility index (Phi) is 9.21. The molecule has 3 rings (SSSR count). The first kappa shape index (κ1) is 29.2. The number of amides is 3. The zero-order chi connectivity index (χ0) is 28.2. The summed E-state index contributed by atoms with van der Waals surface area (Å²) in [5, 5.41) is 12.6. The summed E-state index contributed by atoms with van der Waals surface area (Å²) in [6.45, 7) is 7.54. The van der Waals surface area contributed by atoms with Gasteiger partial charge in [0.2, 0.25) is 0 Å². The molecular weight excluding hydrogens is 515 g/mol. The lowest BCUT2D eigenvalue weighted by Gasteiger charge is -2.38. The predicted molar refractivity (Wildman–Crippen MR) is 141 cm³/mol. The van der Waals surface area contributed by atoms with Gasteiger partial charge in [-0.1, -0.05) is 6.92 Å². The summed E-state index contributed by atoms with van der Waals surface area (Å²) in [5.74, 6) is -0.973. The summed E-state index contributed by atoms with van der Waals surface area (Å²) in [5.41, 5.74) is 0.219. The monoisotopic (exact) mass is 550 g/mol. The van der Waals surface area contributed by atoms with E-state index in [0.717, 1.165) is 24.3 Å². The van der Waals surface area contributed by atoms with E-state index in [1.165, 1.54) is 28.0 Å². The molecule has 0 radical (unpaired) electrons. The Bertz CT molecular complexity index is 1250. The maximum atomic E-state index is 13.6. The van der Waals surface area contributed by atoms with Crippen LogP contribution >= 0.6 is 0 Å². The molecule has 3 amide bonds. The normalized spacial score (nSPS) is 18.6. The molecule has 0 unspecified atom stereocenters. The van der Waals surface area contributed by atoms with E-state index in [9.17, 15) is 27.5 Å². The van der Waals surface area contributed by atoms with Gasteiger partial charge in [0.05, 0.1) is 29.7 Å². The molecule has 0 fully saturated rings. The van der Waals surface area contributed by atoms with Crippen molar-refractivity contribution in [3.63, 3.8) is 0 Å². The van der Waals surface area contributed by atoms with Gasteiger partial charge in [-0.05, 0) is 63.2 Å². The first-order chi connectivity index (χ1) is 17.8. The second-order valence-corrected chi connectivity index (χ2v) is 11.6. The Hall–Kier alpha value is -3.38.